The summed E-state index contributed by atoms with van der Waals surface area (Å²) < 4.78 is 3.35. The smallest absolute Gasteiger partial charge is 0.346 e. The summed E-state index contributed by atoms with van der Waals surface area (Å²) in [5.41, 5.74) is 2.74. The van der Waals surface area contributed by atoms with Gasteiger partial charge in [-0.3, -0.25) is 9.36 Å². The van der Waals surface area contributed by atoms with Gasteiger partial charge in [0, 0.05) is 48.2 Å². The predicted molar refractivity (Wildman–Crippen MR) is 124 cm³/mol. The van der Waals surface area contributed by atoms with Crippen molar-refractivity contribution in [3.63, 3.8) is 0 Å². The number of aromatic nitrogens is 4. The van der Waals surface area contributed by atoms with Crippen LogP contribution in [-0.2, 0) is 13.1 Å². The molecule has 2 aromatic heterocycles. The van der Waals surface area contributed by atoms with Gasteiger partial charge in [-0.25, -0.2) is 9.48 Å². The van der Waals surface area contributed by atoms with Gasteiger partial charge in [-0.2, -0.15) is 5.10 Å². The van der Waals surface area contributed by atoms with E-state index in [-0.39, 0.29) is 17.5 Å². The van der Waals surface area contributed by atoms with Crippen LogP contribution in [0, 0.1) is 0 Å². The third-order valence-electron chi connectivity index (χ3n) is 6.39. The minimum absolute atomic E-state index is 0.0639. The van der Waals surface area contributed by atoms with E-state index >= 15 is 0 Å². The topological polar surface area (TPSA) is 75.9 Å². The second-order valence-electron chi connectivity index (χ2n) is 8.37. The maximum Gasteiger partial charge on any atom is 0.346 e. The molecule has 5 rings (SSSR count). The molecule has 4 aromatic rings. The van der Waals surface area contributed by atoms with E-state index in [1.165, 1.54) is 0 Å². The number of nitrogens with one attached hydrogen (secondary N) is 1. The number of likely N-dealkylation sites (tertiary alicyclic amines) is 1. The van der Waals surface area contributed by atoms with Gasteiger partial charge in [-0.15, -0.1) is 0 Å². The van der Waals surface area contributed by atoms with Gasteiger partial charge in [0.2, 0.25) is 0 Å². The summed E-state index contributed by atoms with van der Waals surface area (Å²) in [7, 11) is 0. The number of piperidine rings is 1. The molecule has 32 heavy (non-hydrogen) atoms. The average molecular weight is 430 g/mol. The molecular formula is C25H27N5O2. The molecule has 7 nitrogen and oxygen atoms in total. The van der Waals surface area contributed by atoms with Gasteiger partial charge in [0.1, 0.15) is 5.82 Å². The van der Waals surface area contributed by atoms with Crippen LogP contribution in [0.3, 0.4) is 0 Å². The summed E-state index contributed by atoms with van der Waals surface area (Å²) in [5.74, 6) is 1.08. The molecule has 1 fully saturated rings. The molecule has 1 saturated heterocycles. The Morgan fingerprint density at radius 2 is 1.88 bits per heavy atom. The van der Waals surface area contributed by atoms with Gasteiger partial charge in [0.05, 0.1) is 6.54 Å². The highest BCUT2D eigenvalue weighted by molar-refractivity contribution is 5.98. The van der Waals surface area contributed by atoms with Crippen molar-refractivity contribution in [2.75, 3.05) is 13.1 Å². The summed E-state index contributed by atoms with van der Waals surface area (Å²) in [5, 5.41) is 5.76. The second kappa shape index (κ2) is 8.49. The third-order valence-corrected chi connectivity index (χ3v) is 6.39. The van der Waals surface area contributed by atoms with E-state index in [9.17, 15) is 9.59 Å². The van der Waals surface area contributed by atoms with Crippen molar-refractivity contribution in [2.45, 2.75) is 38.8 Å². The fraction of sp³-hybridized carbons (Fsp3) is 0.320. The van der Waals surface area contributed by atoms with Crippen molar-refractivity contribution in [3.05, 3.63) is 88.2 Å². The standard InChI is InChI=1S/C25H27N5O2/c1-2-29-23(27-30(25(29)32)17-18-6-4-3-5-7-18)19-11-14-28(15-12-19)24(31)21-8-9-22-20(16-21)10-13-26-22/h3-10,13,16,19,26H,2,11-12,14-15,17H2,1H3. The van der Waals surface area contributed by atoms with E-state index < -0.39 is 0 Å². The number of H-pyrrole nitrogens is 1. The third kappa shape index (κ3) is 3.75. The molecule has 1 amide bonds. The van der Waals surface area contributed by atoms with E-state index in [1.807, 2.05) is 72.6 Å². The predicted octanol–water partition coefficient (Wildman–Crippen LogP) is 3.61. The van der Waals surface area contributed by atoms with E-state index in [0.717, 1.165) is 35.1 Å². The number of benzene rings is 2. The molecule has 0 atom stereocenters. The van der Waals surface area contributed by atoms with Crippen LogP contribution in [0.1, 0.15) is 47.4 Å². The lowest BCUT2D eigenvalue weighted by molar-refractivity contribution is 0.0710. The molecule has 0 aliphatic carbocycles. The summed E-state index contributed by atoms with van der Waals surface area (Å²) in [6.07, 6.45) is 3.49. The Morgan fingerprint density at radius 1 is 1.09 bits per heavy atom. The van der Waals surface area contributed by atoms with Crippen LogP contribution in [0.4, 0.5) is 0 Å². The van der Waals surface area contributed by atoms with Crippen molar-refractivity contribution >= 4 is 16.8 Å². The molecule has 0 radical (unpaired) electrons. The molecule has 7 heteroatoms. The Balaban J connectivity index is 1.30. The first-order valence-electron chi connectivity index (χ1n) is 11.2. The zero-order valence-electron chi connectivity index (χ0n) is 18.2. The van der Waals surface area contributed by atoms with Gasteiger partial charge in [-0.1, -0.05) is 30.3 Å². The first-order valence-corrected chi connectivity index (χ1v) is 11.2. The first-order chi connectivity index (χ1) is 15.6. The first kappa shape index (κ1) is 20.3. The van der Waals surface area contributed by atoms with Crippen molar-refractivity contribution in [2.24, 2.45) is 0 Å². The van der Waals surface area contributed by atoms with E-state index in [1.54, 1.807) is 9.25 Å². The van der Waals surface area contributed by atoms with E-state index in [4.69, 9.17) is 5.10 Å². The number of amides is 1. The number of carbonyl (C=O) groups is 1. The lowest BCUT2D eigenvalue weighted by Gasteiger charge is -2.31. The highest BCUT2D eigenvalue weighted by atomic mass is 16.2. The van der Waals surface area contributed by atoms with Crippen LogP contribution in [0.25, 0.3) is 10.9 Å². The van der Waals surface area contributed by atoms with E-state index in [2.05, 4.69) is 4.98 Å². The van der Waals surface area contributed by atoms with Crippen molar-refractivity contribution in [1.82, 2.24) is 24.2 Å². The molecule has 1 aliphatic rings. The zero-order chi connectivity index (χ0) is 22.1. The van der Waals surface area contributed by atoms with Gasteiger partial charge < -0.3 is 9.88 Å². The Morgan fingerprint density at radius 3 is 2.62 bits per heavy atom. The fourth-order valence-electron chi connectivity index (χ4n) is 4.63. The normalized spacial score (nSPS) is 14.8. The number of hydrogen-bond acceptors (Lipinski definition) is 3. The van der Waals surface area contributed by atoms with Gasteiger partial charge >= 0.3 is 5.69 Å². The Hall–Kier alpha value is -3.61. The Kier molecular flexibility index (Phi) is 5.39. The summed E-state index contributed by atoms with van der Waals surface area (Å²) in [6, 6.07) is 17.7. The Labute approximate surface area is 186 Å². The van der Waals surface area contributed by atoms with Crippen molar-refractivity contribution in [3.8, 4) is 0 Å². The minimum Gasteiger partial charge on any atom is -0.361 e. The van der Waals surface area contributed by atoms with Crippen molar-refractivity contribution < 1.29 is 4.79 Å². The highest BCUT2D eigenvalue weighted by Crippen LogP contribution is 2.27. The molecule has 0 unspecified atom stereocenters. The largest absolute Gasteiger partial charge is 0.361 e. The summed E-state index contributed by atoms with van der Waals surface area (Å²) in [4.78, 5) is 31.0. The SMILES string of the molecule is CCn1c(C2CCN(C(=O)c3ccc4[nH]ccc4c3)CC2)nn(Cc2ccccc2)c1=O. The molecule has 2 aromatic carbocycles. The average Bonchev–Trinajstić information content (AvgIpc) is 3.43. The van der Waals surface area contributed by atoms with E-state index in [0.29, 0.717) is 31.7 Å². The maximum absolute atomic E-state index is 13.0. The Bertz CT molecular complexity index is 1290. The zero-order valence-corrected chi connectivity index (χ0v) is 18.2. The number of carbonyl (C=O) groups excluding carboxylic acids is 1. The van der Waals surface area contributed by atoms with Crippen LogP contribution in [-0.4, -0.2) is 43.2 Å². The second-order valence-corrected chi connectivity index (χ2v) is 8.37. The molecule has 1 aliphatic heterocycles. The lowest BCUT2D eigenvalue weighted by atomic mass is 9.95. The molecule has 1 N–H and O–H groups in total. The van der Waals surface area contributed by atoms with Crippen LogP contribution in [0.5, 0.6) is 0 Å². The maximum atomic E-state index is 13.0. The number of hydrogen-bond donors (Lipinski definition) is 1. The van der Waals surface area contributed by atoms with Gasteiger partial charge in [0.15, 0.2) is 0 Å². The van der Waals surface area contributed by atoms with Crippen LogP contribution in [0.2, 0.25) is 0 Å². The summed E-state index contributed by atoms with van der Waals surface area (Å²) in [6.45, 7) is 4.38. The number of nitrogens with zero attached hydrogens (tertiary/aromatic N) is 4. The summed E-state index contributed by atoms with van der Waals surface area (Å²) >= 11 is 0. The van der Waals surface area contributed by atoms with Crippen LogP contribution < -0.4 is 5.69 Å². The molecular weight excluding hydrogens is 402 g/mol. The fourth-order valence-corrected chi connectivity index (χ4v) is 4.63. The number of aromatic amines is 1. The molecule has 0 spiro atoms. The number of fused-ring (bicyclic) bond motifs is 1. The van der Waals surface area contributed by atoms with Crippen LogP contribution >= 0.6 is 0 Å². The van der Waals surface area contributed by atoms with Gasteiger partial charge in [-0.05, 0) is 49.6 Å². The lowest BCUT2D eigenvalue weighted by Crippen LogP contribution is -2.38. The molecule has 0 saturated carbocycles. The highest BCUT2D eigenvalue weighted by Gasteiger charge is 2.29. The minimum atomic E-state index is -0.0651. The molecule has 0 bridgehead atoms. The molecule has 3 heterocycles. The van der Waals surface area contributed by atoms with Crippen LogP contribution in [0.15, 0.2) is 65.6 Å². The van der Waals surface area contributed by atoms with Gasteiger partial charge in [0.25, 0.3) is 5.91 Å². The monoisotopic (exact) mass is 429 g/mol. The molecule has 164 valence electrons. The van der Waals surface area contributed by atoms with Crippen molar-refractivity contribution in [1.29, 1.82) is 0 Å². The number of rotatable bonds is 5. The quantitative estimate of drug-likeness (QED) is 0.527.